The zero-order valence-electron chi connectivity index (χ0n) is 14.0. The molecule has 6 heteroatoms. The van der Waals surface area contributed by atoms with E-state index in [1.165, 1.54) is 21.2 Å². The van der Waals surface area contributed by atoms with Crippen LogP contribution in [-0.2, 0) is 19.5 Å². The fourth-order valence-electron chi connectivity index (χ4n) is 3.30. The number of nitrogens with zero attached hydrogens (tertiary/aromatic N) is 4. The van der Waals surface area contributed by atoms with Crippen LogP contribution in [0.2, 0.25) is 0 Å². The van der Waals surface area contributed by atoms with Crippen LogP contribution >= 0.6 is 15.9 Å². The zero-order valence-corrected chi connectivity index (χ0v) is 15.6. The van der Waals surface area contributed by atoms with Crippen LogP contribution in [0, 0.1) is 0 Å². The maximum absolute atomic E-state index is 5.55. The van der Waals surface area contributed by atoms with Crippen molar-refractivity contribution in [2.24, 2.45) is 0 Å². The van der Waals surface area contributed by atoms with E-state index in [1.807, 2.05) is 29.1 Å². The fraction of sp³-hybridized carbons (Fsp3) is 0.263. The van der Waals surface area contributed by atoms with Crippen LogP contribution in [0.3, 0.4) is 0 Å². The van der Waals surface area contributed by atoms with E-state index in [1.54, 1.807) is 19.6 Å². The quantitative estimate of drug-likeness (QED) is 0.673. The molecule has 4 rings (SSSR count). The number of imidazole rings is 1. The van der Waals surface area contributed by atoms with Crippen molar-refractivity contribution in [1.29, 1.82) is 0 Å². The van der Waals surface area contributed by atoms with Crippen molar-refractivity contribution >= 4 is 15.9 Å². The Balaban J connectivity index is 1.50. The summed E-state index contributed by atoms with van der Waals surface area (Å²) in [5.41, 5.74) is 3.86. The molecular formula is C19H19BrN4O. The van der Waals surface area contributed by atoms with Gasteiger partial charge in [-0.2, -0.15) is 0 Å². The molecule has 0 amide bonds. The Labute approximate surface area is 155 Å². The molecule has 0 spiro atoms. The minimum absolute atomic E-state index is 0.881. The van der Waals surface area contributed by atoms with Gasteiger partial charge in [0.25, 0.3) is 0 Å². The first-order valence-corrected chi connectivity index (χ1v) is 9.04. The van der Waals surface area contributed by atoms with E-state index in [0.29, 0.717) is 0 Å². The van der Waals surface area contributed by atoms with Crippen LogP contribution in [0.4, 0.5) is 0 Å². The SMILES string of the molecule is COc1ccc(Br)c2c1CN(Cc1ccc(-n3ccnc3)nc1)CC2. The Kier molecular flexibility index (Phi) is 4.55. The molecule has 0 unspecified atom stereocenters. The molecule has 3 aromatic rings. The van der Waals surface area contributed by atoms with Crippen LogP contribution in [0.15, 0.2) is 53.7 Å². The van der Waals surface area contributed by atoms with Gasteiger partial charge in [0.15, 0.2) is 0 Å². The van der Waals surface area contributed by atoms with Gasteiger partial charge in [-0.05, 0) is 35.7 Å². The van der Waals surface area contributed by atoms with E-state index in [0.717, 1.165) is 37.6 Å². The summed E-state index contributed by atoms with van der Waals surface area (Å²) in [6, 6.07) is 8.28. The third-order valence-electron chi connectivity index (χ3n) is 4.59. The van der Waals surface area contributed by atoms with Crippen molar-refractivity contribution in [3.63, 3.8) is 0 Å². The van der Waals surface area contributed by atoms with Crippen LogP contribution in [0.25, 0.3) is 5.82 Å². The van der Waals surface area contributed by atoms with Crippen LogP contribution in [0.1, 0.15) is 16.7 Å². The average molecular weight is 399 g/mol. The highest BCUT2D eigenvalue weighted by molar-refractivity contribution is 9.10. The number of aromatic nitrogens is 3. The van der Waals surface area contributed by atoms with Crippen molar-refractivity contribution < 1.29 is 4.74 Å². The number of rotatable bonds is 4. The van der Waals surface area contributed by atoms with Gasteiger partial charge in [0.2, 0.25) is 0 Å². The molecule has 0 radical (unpaired) electrons. The van der Waals surface area contributed by atoms with Gasteiger partial charge in [0.05, 0.1) is 7.11 Å². The van der Waals surface area contributed by atoms with Gasteiger partial charge in [-0.3, -0.25) is 9.47 Å². The molecule has 1 aliphatic heterocycles. The standard InChI is InChI=1S/C19H19BrN4O/c1-25-18-4-3-17(20)15-6-8-23(12-16(15)18)11-14-2-5-19(22-10-14)24-9-7-21-13-24/h2-5,7,9-10,13H,6,8,11-12H2,1H3. The maximum Gasteiger partial charge on any atom is 0.137 e. The number of benzene rings is 1. The summed E-state index contributed by atoms with van der Waals surface area (Å²) in [4.78, 5) is 11.0. The summed E-state index contributed by atoms with van der Waals surface area (Å²) in [5.74, 6) is 1.85. The van der Waals surface area contributed by atoms with Crippen molar-refractivity contribution in [3.05, 3.63) is 70.3 Å². The van der Waals surface area contributed by atoms with Crippen LogP contribution < -0.4 is 4.74 Å². The molecule has 0 N–H and O–H groups in total. The number of pyridine rings is 1. The Morgan fingerprint density at radius 1 is 1.20 bits per heavy atom. The second-order valence-corrected chi connectivity index (χ2v) is 7.02. The third-order valence-corrected chi connectivity index (χ3v) is 5.34. The van der Waals surface area contributed by atoms with Gasteiger partial charge < -0.3 is 4.74 Å². The van der Waals surface area contributed by atoms with E-state index in [-0.39, 0.29) is 0 Å². The molecular weight excluding hydrogens is 380 g/mol. The van der Waals surface area contributed by atoms with Crippen LogP contribution in [-0.4, -0.2) is 33.1 Å². The van der Waals surface area contributed by atoms with Gasteiger partial charge in [-0.1, -0.05) is 22.0 Å². The van der Waals surface area contributed by atoms with Crippen LogP contribution in [0.5, 0.6) is 5.75 Å². The number of fused-ring (bicyclic) bond motifs is 1. The lowest BCUT2D eigenvalue weighted by atomic mass is 9.98. The Morgan fingerprint density at radius 2 is 2.12 bits per heavy atom. The first kappa shape index (κ1) is 16.3. The molecule has 0 bridgehead atoms. The van der Waals surface area contributed by atoms with Gasteiger partial charge in [-0.25, -0.2) is 9.97 Å². The number of halogens is 1. The monoisotopic (exact) mass is 398 g/mol. The highest BCUT2D eigenvalue weighted by Gasteiger charge is 2.21. The van der Waals surface area contributed by atoms with Gasteiger partial charge in [0.1, 0.15) is 17.9 Å². The smallest absolute Gasteiger partial charge is 0.137 e. The average Bonchev–Trinajstić information content (AvgIpc) is 3.17. The topological polar surface area (TPSA) is 43.2 Å². The lowest BCUT2D eigenvalue weighted by Gasteiger charge is -2.30. The van der Waals surface area contributed by atoms with Gasteiger partial charge in [0, 0.05) is 48.3 Å². The number of hydrogen-bond acceptors (Lipinski definition) is 4. The maximum atomic E-state index is 5.55. The molecule has 3 heterocycles. The molecule has 5 nitrogen and oxygen atoms in total. The first-order valence-electron chi connectivity index (χ1n) is 8.24. The molecule has 0 saturated carbocycles. The summed E-state index contributed by atoms with van der Waals surface area (Å²) in [7, 11) is 1.74. The first-order chi connectivity index (χ1) is 12.2. The van der Waals surface area contributed by atoms with Gasteiger partial charge >= 0.3 is 0 Å². The Bertz CT molecular complexity index is 862. The molecule has 0 atom stereocenters. The normalized spacial score (nSPS) is 14.3. The van der Waals surface area contributed by atoms with E-state index >= 15 is 0 Å². The van der Waals surface area contributed by atoms with E-state index in [4.69, 9.17) is 4.74 Å². The van der Waals surface area contributed by atoms with E-state index < -0.39 is 0 Å². The van der Waals surface area contributed by atoms with Crippen molar-refractivity contribution in [3.8, 4) is 11.6 Å². The molecule has 0 fully saturated rings. The van der Waals surface area contributed by atoms with E-state index in [9.17, 15) is 0 Å². The lowest BCUT2D eigenvalue weighted by Crippen LogP contribution is -2.30. The summed E-state index contributed by atoms with van der Waals surface area (Å²) in [6.07, 6.45) is 8.38. The highest BCUT2D eigenvalue weighted by Crippen LogP contribution is 2.33. The van der Waals surface area contributed by atoms with E-state index in [2.05, 4.69) is 42.9 Å². The molecule has 0 aliphatic carbocycles. The number of ether oxygens (including phenoxy) is 1. The Morgan fingerprint density at radius 3 is 2.84 bits per heavy atom. The molecule has 1 aliphatic rings. The summed E-state index contributed by atoms with van der Waals surface area (Å²) < 4.78 is 8.64. The molecule has 25 heavy (non-hydrogen) atoms. The second kappa shape index (κ2) is 6.98. The second-order valence-electron chi connectivity index (χ2n) is 6.16. The Hall–Kier alpha value is -2.18. The largest absolute Gasteiger partial charge is 0.496 e. The summed E-state index contributed by atoms with van der Waals surface area (Å²) in [5, 5.41) is 0. The summed E-state index contributed by atoms with van der Waals surface area (Å²) in [6.45, 7) is 2.80. The van der Waals surface area contributed by atoms with Crippen molar-refractivity contribution in [2.75, 3.05) is 13.7 Å². The zero-order chi connectivity index (χ0) is 17.2. The molecule has 2 aromatic heterocycles. The number of methoxy groups -OCH3 is 1. The predicted octanol–water partition coefficient (Wildman–Crippen LogP) is 3.60. The van der Waals surface area contributed by atoms with Crippen molar-refractivity contribution in [2.45, 2.75) is 19.5 Å². The summed E-state index contributed by atoms with van der Waals surface area (Å²) >= 11 is 3.67. The lowest BCUT2D eigenvalue weighted by molar-refractivity contribution is 0.239. The minimum atomic E-state index is 0.881. The number of hydrogen-bond donors (Lipinski definition) is 0. The molecule has 128 valence electrons. The molecule has 1 aromatic carbocycles. The van der Waals surface area contributed by atoms with Gasteiger partial charge in [-0.15, -0.1) is 0 Å². The predicted molar refractivity (Wildman–Crippen MR) is 99.9 cm³/mol. The van der Waals surface area contributed by atoms with Crippen molar-refractivity contribution in [1.82, 2.24) is 19.4 Å². The molecule has 0 saturated heterocycles. The minimum Gasteiger partial charge on any atom is -0.496 e. The third kappa shape index (κ3) is 3.32. The fourth-order valence-corrected chi connectivity index (χ4v) is 3.87. The highest BCUT2D eigenvalue weighted by atomic mass is 79.9.